The molecule has 0 bridgehead atoms. The largest absolute Gasteiger partial charge is 0.492 e. The fraction of sp³-hybridized carbons (Fsp3) is 0.529. The van der Waals surface area contributed by atoms with Gasteiger partial charge in [0.1, 0.15) is 5.75 Å². The Balaban J connectivity index is 1.36. The lowest BCUT2D eigenvalue weighted by atomic mass is 9.80. The average Bonchev–Trinajstić information content (AvgIpc) is 3.21. The van der Waals surface area contributed by atoms with Crippen molar-refractivity contribution in [2.45, 2.75) is 23.5 Å². The summed E-state index contributed by atoms with van der Waals surface area (Å²) in [5, 5.41) is 0.0873. The highest BCUT2D eigenvalue weighted by atomic mass is 32.2. The van der Waals surface area contributed by atoms with E-state index in [1.54, 1.807) is 24.0 Å². The Hall–Kier alpha value is -1.97. The van der Waals surface area contributed by atoms with Crippen LogP contribution in [0.25, 0.3) is 0 Å². The summed E-state index contributed by atoms with van der Waals surface area (Å²) in [4.78, 5) is 8.00. The van der Waals surface area contributed by atoms with E-state index in [-0.39, 0.29) is 16.5 Å². The van der Waals surface area contributed by atoms with Crippen molar-refractivity contribution < 1.29 is 17.9 Å². The van der Waals surface area contributed by atoms with E-state index < -0.39 is 10.0 Å². The molecule has 26 heavy (non-hydrogen) atoms. The number of nitrogens with zero attached hydrogens (tertiary/aromatic N) is 4. The predicted molar refractivity (Wildman–Crippen MR) is 93.1 cm³/mol. The number of pyridine rings is 1. The Kier molecular flexibility index (Phi) is 4.45. The lowest BCUT2D eigenvalue weighted by Gasteiger charge is -2.48. The molecule has 2 fully saturated rings. The summed E-state index contributed by atoms with van der Waals surface area (Å²) in [6.07, 6.45) is 8.16. The highest BCUT2D eigenvalue weighted by molar-refractivity contribution is 7.89. The minimum atomic E-state index is -3.55. The summed E-state index contributed by atoms with van der Waals surface area (Å²) >= 11 is 0. The van der Waals surface area contributed by atoms with Gasteiger partial charge in [-0.15, -0.1) is 0 Å². The van der Waals surface area contributed by atoms with Gasteiger partial charge in [-0.2, -0.15) is 4.31 Å². The summed E-state index contributed by atoms with van der Waals surface area (Å²) in [6.45, 7) is 1.98. The van der Waals surface area contributed by atoms with Crippen molar-refractivity contribution in [3.8, 4) is 5.75 Å². The summed E-state index contributed by atoms with van der Waals surface area (Å²) in [7, 11) is -1.80. The molecular weight excluding hydrogens is 356 g/mol. The molecule has 9 heteroatoms. The van der Waals surface area contributed by atoms with Gasteiger partial charge in [0.25, 0.3) is 10.0 Å². The summed E-state index contributed by atoms with van der Waals surface area (Å²) in [5.74, 6) is 1.03. The molecular formula is C17H22N4O4S. The number of aromatic nitrogens is 3. The molecule has 140 valence electrons. The van der Waals surface area contributed by atoms with Gasteiger partial charge < -0.3 is 14.0 Å². The van der Waals surface area contributed by atoms with E-state index in [2.05, 4.69) is 9.97 Å². The van der Waals surface area contributed by atoms with Crippen molar-refractivity contribution in [1.29, 1.82) is 0 Å². The molecule has 0 unspecified atom stereocenters. The number of hydrogen-bond donors (Lipinski definition) is 0. The van der Waals surface area contributed by atoms with Crippen LogP contribution in [0.2, 0.25) is 0 Å². The van der Waals surface area contributed by atoms with Crippen LogP contribution in [0, 0.1) is 5.92 Å². The molecule has 0 radical (unpaired) electrons. The topological polar surface area (TPSA) is 86.6 Å². The second kappa shape index (κ2) is 6.64. The van der Waals surface area contributed by atoms with Crippen LogP contribution in [-0.2, 0) is 21.8 Å². The summed E-state index contributed by atoms with van der Waals surface area (Å²) in [5.41, 5.74) is -0.389. The zero-order valence-electron chi connectivity index (χ0n) is 14.6. The minimum absolute atomic E-state index is 0.0873. The first-order chi connectivity index (χ1) is 12.5. The number of aryl methyl sites for hydroxylation is 1. The molecule has 1 spiro atoms. The van der Waals surface area contributed by atoms with Gasteiger partial charge in [0, 0.05) is 39.1 Å². The SMILES string of the molecule is Cn1cnc(S(=O)(=O)N2CC3(C2)OCC[C@H]3CCOc2cccnc2)c1. The molecule has 0 aliphatic carbocycles. The third-order valence-electron chi connectivity index (χ3n) is 5.14. The van der Waals surface area contributed by atoms with Crippen molar-refractivity contribution in [2.24, 2.45) is 13.0 Å². The molecule has 0 saturated carbocycles. The summed E-state index contributed by atoms with van der Waals surface area (Å²) in [6, 6.07) is 3.71. The summed E-state index contributed by atoms with van der Waals surface area (Å²) < 4.78 is 40.1. The van der Waals surface area contributed by atoms with Crippen molar-refractivity contribution in [2.75, 3.05) is 26.3 Å². The van der Waals surface area contributed by atoms with Gasteiger partial charge in [-0.25, -0.2) is 13.4 Å². The maximum Gasteiger partial charge on any atom is 0.262 e. The van der Waals surface area contributed by atoms with Crippen LogP contribution < -0.4 is 4.74 Å². The van der Waals surface area contributed by atoms with E-state index >= 15 is 0 Å². The second-order valence-corrected chi connectivity index (χ2v) is 8.76. The van der Waals surface area contributed by atoms with Crippen LogP contribution in [0.1, 0.15) is 12.8 Å². The zero-order chi connectivity index (χ0) is 18.2. The number of ether oxygens (including phenoxy) is 2. The standard InChI is InChI=1S/C17H22N4O4S/c1-20-10-16(19-13-20)26(22,23)21-11-17(12-21)14(5-8-25-17)4-7-24-15-3-2-6-18-9-15/h2-3,6,9-10,13-14H,4-5,7-8,11-12H2,1H3/t14-/m1/s1. The van der Waals surface area contributed by atoms with E-state index in [1.807, 2.05) is 12.1 Å². The van der Waals surface area contributed by atoms with Gasteiger partial charge in [-0.3, -0.25) is 4.98 Å². The van der Waals surface area contributed by atoms with Gasteiger partial charge in [0.05, 0.1) is 24.7 Å². The average molecular weight is 378 g/mol. The smallest absolute Gasteiger partial charge is 0.262 e. The van der Waals surface area contributed by atoms with Crippen LogP contribution in [-0.4, -0.2) is 59.2 Å². The second-order valence-electron chi connectivity index (χ2n) is 6.88. The van der Waals surface area contributed by atoms with Crippen LogP contribution in [0.3, 0.4) is 0 Å². The number of imidazole rings is 1. The molecule has 1 atom stereocenters. The maximum atomic E-state index is 12.6. The van der Waals surface area contributed by atoms with E-state index in [0.29, 0.717) is 26.3 Å². The van der Waals surface area contributed by atoms with Gasteiger partial charge >= 0.3 is 0 Å². The molecule has 0 N–H and O–H groups in total. The van der Waals surface area contributed by atoms with Crippen LogP contribution in [0.15, 0.2) is 42.1 Å². The van der Waals surface area contributed by atoms with E-state index in [4.69, 9.17) is 9.47 Å². The molecule has 4 heterocycles. The molecule has 0 amide bonds. The first-order valence-electron chi connectivity index (χ1n) is 8.64. The zero-order valence-corrected chi connectivity index (χ0v) is 15.4. The monoisotopic (exact) mass is 378 g/mol. The highest BCUT2D eigenvalue weighted by Crippen LogP contribution is 2.43. The fourth-order valence-electron chi connectivity index (χ4n) is 3.67. The molecule has 2 aromatic rings. The van der Waals surface area contributed by atoms with Crippen molar-refractivity contribution in [3.05, 3.63) is 37.1 Å². The van der Waals surface area contributed by atoms with Crippen LogP contribution in [0.5, 0.6) is 5.75 Å². The van der Waals surface area contributed by atoms with Crippen molar-refractivity contribution in [3.63, 3.8) is 0 Å². The quantitative estimate of drug-likeness (QED) is 0.747. The van der Waals surface area contributed by atoms with Gasteiger partial charge in [0.2, 0.25) is 0 Å². The highest BCUT2D eigenvalue weighted by Gasteiger charge is 2.56. The predicted octanol–water partition coefficient (Wildman–Crippen LogP) is 1.06. The normalized spacial score (nSPS) is 22.4. The lowest BCUT2D eigenvalue weighted by molar-refractivity contribution is -0.104. The maximum absolute atomic E-state index is 12.6. The van der Waals surface area contributed by atoms with Gasteiger partial charge in [-0.05, 0) is 30.9 Å². The lowest BCUT2D eigenvalue weighted by Crippen LogP contribution is -2.66. The molecule has 2 aromatic heterocycles. The molecule has 2 aliphatic heterocycles. The molecule has 0 aromatic carbocycles. The van der Waals surface area contributed by atoms with Crippen LogP contribution in [0.4, 0.5) is 0 Å². The van der Waals surface area contributed by atoms with E-state index in [9.17, 15) is 8.42 Å². The Morgan fingerprint density at radius 3 is 2.96 bits per heavy atom. The number of hydrogen-bond acceptors (Lipinski definition) is 6. The molecule has 2 aliphatic rings. The van der Waals surface area contributed by atoms with Gasteiger partial charge in [-0.1, -0.05) is 0 Å². The van der Waals surface area contributed by atoms with Crippen molar-refractivity contribution >= 4 is 10.0 Å². The Morgan fingerprint density at radius 1 is 1.42 bits per heavy atom. The molecule has 2 saturated heterocycles. The Morgan fingerprint density at radius 2 is 2.27 bits per heavy atom. The number of sulfonamides is 1. The van der Waals surface area contributed by atoms with Gasteiger partial charge in [0.15, 0.2) is 5.03 Å². The van der Waals surface area contributed by atoms with E-state index in [1.165, 1.54) is 16.8 Å². The Bertz CT molecular complexity index is 862. The first-order valence-corrected chi connectivity index (χ1v) is 10.1. The van der Waals surface area contributed by atoms with Crippen LogP contribution >= 0.6 is 0 Å². The fourth-order valence-corrected chi connectivity index (χ4v) is 5.19. The third-order valence-corrected chi connectivity index (χ3v) is 6.82. The Labute approximate surface area is 152 Å². The third kappa shape index (κ3) is 3.10. The minimum Gasteiger partial charge on any atom is -0.492 e. The molecule has 8 nitrogen and oxygen atoms in total. The van der Waals surface area contributed by atoms with Crippen molar-refractivity contribution in [1.82, 2.24) is 18.8 Å². The first kappa shape index (κ1) is 17.4. The number of rotatable bonds is 6. The van der Waals surface area contributed by atoms with E-state index in [0.717, 1.165) is 18.6 Å². The molecule has 4 rings (SSSR count).